The predicted molar refractivity (Wildman–Crippen MR) is 106 cm³/mol. The van der Waals surface area contributed by atoms with Crippen LogP contribution in [0.2, 0.25) is 0 Å². The molecule has 2 aromatic heterocycles. The molecular weight excluding hydrogens is 411 g/mol. The van der Waals surface area contributed by atoms with Crippen LogP contribution in [0.5, 0.6) is 0 Å². The molecular formula is C20H16F3N7O. The van der Waals surface area contributed by atoms with E-state index in [1.165, 1.54) is 18.5 Å². The molecule has 5 rings (SSSR count). The number of hydrogen-bond acceptors (Lipinski definition) is 7. The van der Waals surface area contributed by atoms with Gasteiger partial charge in [-0.05, 0) is 55.2 Å². The minimum absolute atomic E-state index is 0.00726. The summed E-state index contributed by atoms with van der Waals surface area (Å²) in [7, 11) is 0. The highest BCUT2D eigenvalue weighted by Gasteiger charge is 2.52. The Bertz CT molecular complexity index is 1160. The van der Waals surface area contributed by atoms with Crippen molar-refractivity contribution in [3.8, 4) is 0 Å². The molecule has 8 nitrogen and oxygen atoms in total. The van der Waals surface area contributed by atoms with Crippen LogP contribution >= 0.6 is 0 Å². The van der Waals surface area contributed by atoms with Gasteiger partial charge in [-0.1, -0.05) is 6.07 Å². The van der Waals surface area contributed by atoms with Gasteiger partial charge in [-0.25, -0.2) is 15.0 Å². The number of nitrogens with one attached hydrogen (secondary N) is 3. The van der Waals surface area contributed by atoms with Crippen molar-refractivity contribution in [2.75, 3.05) is 16.0 Å². The number of hydrogen-bond donors (Lipinski definition) is 3. The van der Waals surface area contributed by atoms with Gasteiger partial charge < -0.3 is 16.0 Å². The number of halogens is 3. The Morgan fingerprint density at radius 1 is 0.935 bits per heavy atom. The van der Waals surface area contributed by atoms with Crippen LogP contribution in [0.1, 0.15) is 24.0 Å². The zero-order chi connectivity index (χ0) is 21.6. The Labute approximate surface area is 174 Å². The van der Waals surface area contributed by atoms with E-state index in [1.54, 1.807) is 6.07 Å². The van der Waals surface area contributed by atoms with Crippen LogP contribution in [-0.2, 0) is 17.4 Å². The lowest BCUT2D eigenvalue weighted by Gasteiger charge is -2.23. The molecule has 1 aliphatic carbocycles. The third-order valence-corrected chi connectivity index (χ3v) is 5.35. The molecule has 1 spiro atoms. The molecule has 31 heavy (non-hydrogen) atoms. The van der Waals surface area contributed by atoms with Gasteiger partial charge in [-0.2, -0.15) is 18.2 Å². The van der Waals surface area contributed by atoms with E-state index in [1.807, 2.05) is 6.07 Å². The van der Waals surface area contributed by atoms with Crippen molar-refractivity contribution in [2.24, 2.45) is 5.41 Å². The molecule has 11 heteroatoms. The average molecular weight is 427 g/mol. The maximum atomic E-state index is 12.7. The smallest absolute Gasteiger partial charge is 0.324 e. The summed E-state index contributed by atoms with van der Waals surface area (Å²) >= 11 is 0. The summed E-state index contributed by atoms with van der Waals surface area (Å²) in [4.78, 5) is 28.9. The first-order chi connectivity index (χ1) is 14.8. The van der Waals surface area contributed by atoms with E-state index in [0.29, 0.717) is 23.7 Å². The highest BCUT2D eigenvalue weighted by molar-refractivity contribution is 5.99. The Hall–Kier alpha value is -3.76. The summed E-state index contributed by atoms with van der Waals surface area (Å²) in [5.41, 5.74) is 0.391. The van der Waals surface area contributed by atoms with E-state index in [2.05, 4.69) is 35.9 Å². The number of alkyl halides is 3. The average Bonchev–Trinajstić information content (AvgIpc) is 3.50. The Morgan fingerprint density at radius 2 is 1.65 bits per heavy atom. The summed E-state index contributed by atoms with van der Waals surface area (Å²) in [6.45, 7) is 0. The van der Waals surface area contributed by atoms with E-state index in [9.17, 15) is 18.0 Å². The molecule has 0 unspecified atom stereocenters. The number of carbonyl (C=O) groups excluding carboxylic acids is 1. The lowest BCUT2D eigenvalue weighted by molar-refractivity contribution is -0.137. The molecule has 0 saturated heterocycles. The zero-order valence-electron chi connectivity index (χ0n) is 16.0. The van der Waals surface area contributed by atoms with Gasteiger partial charge in [0.05, 0.1) is 11.0 Å². The first kappa shape index (κ1) is 19.2. The van der Waals surface area contributed by atoms with Gasteiger partial charge in [-0.15, -0.1) is 0 Å². The number of benzene rings is 1. The van der Waals surface area contributed by atoms with Crippen molar-refractivity contribution in [3.63, 3.8) is 0 Å². The molecule has 3 aromatic rings. The summed E-state index contributed by atoms with van der Waals surface area (Å²) in [5.74, 6) is 1.31. The van der Waals surface area contributed by atoms with E-state index in [4.69, 9.17) is 0 Å². The second kappa shape index (κ2) is 6.89. The minimum Gasteiger partial charge on any atom is -0.324 e. The fourth-order valence-corrected chi connectivity index (χ4v) is 3.45. The van der Waals surface area contributed by atoms with Crippen LogP contribution in [0.25, 0.3) is 0 Å². The van der Waals surface area contributed by atoms with Crippen molar-refractivity contribution in [3.05, 3.63) is 53.9 Å². The summed E-state index contributed by atoms with van der Waals surface area (Å²) < 4.78 is 38.1. The number of aromatic nitrogens is 4. The van der Waals surface area contributed by atoms with Gasteiger partial charge >= 0.3 is 6.18 Å². The van der Waals surface area contributed by atoms with Gasteiger partial charge in [0.2, 0.25) is 17.8 Å². The molecule has 1 aliphatic heterocycles. The fourth-order valence-electron chi connectivity index (χ4n) is 3.45. The van der Waals surface area contributed by atoms with Crippen molar-refractivity contribution in [1.29, 1.82) is 0 Å². The van der Waals surface area contributed by atoms with Crippen molar-refractivity contribution in [2.45, 2.75) is 25.4 Å². The highest BCUT2D eigenvalue weighted by atomic mass is 19.4. The monoisotopic (exact) mass is 427 g/mol. The predicted octanol–water partition coefficient (Wildman–Crippen LogP) is 4.05. The molecule has 3 heterocycles. The Kier molecular flexibility index (Phi) is 4.27. The van der Waals surface area contributed by atoms with E-state index in [0.717, 1.165) is 30.5 Å². The molecule has 1 fully saturated rings. The molecule has 158 valence electrons. The second-order valence-electron chi connectivity index (χ2n) is 7.57. The van der Waals surface area contributed by atoms with Crippen molar-refractivity contribution in [1.82, 2.24) is 19.9 Å². The van der Waals surface area contributed by atoms with Crippen LogP contribution in [0.15, 0.2) is 42.7 Å². The topological polar surface area (TPSA) is 105 Å². The van der Waals surface area contributed by atoms with Crippen LogP contribution in [0, 0.1) is 5.41 Å². The van der Waals surface area contributed by atoms with Crippen LogP contribution in [-0.4, -0.2) is 25.8 Å². The van der Waals surface area contributed by atoms with Gasteiger partial charge in [0.25, 0.3) is 0 Å². The molecule has 0 bridgehead atoms. The summed E-state index contributed by atoms with van der Waals surface area (Å²) in [5, 5.41) is 8.64. The summed E-state index contributed by atoms with van der Waals surface area (Å²) in [6.07, 6.45) is -0.647. The number of carbonyl (C=O) groups is 1. The number of nitrogens with zero attached hydrogens (tertiary/aromatic N) is 4. The Balaban J connectivity index is 1.30. The summed E-state index contributed by atoms with van der Waals surface area (Å²) in [6, 6.07) is 8.21. The van der Waals surface area contributed by atoms with Gasteiger partial charge in [0, 0.05) is 5.69 Å². The molecule has 3 N–H and O–H groups in total. The molecule has 2 aliphatic rings. The lowest BCUT2D eigenvalue weighted by Crippen LogP contribution is -2.32. The number of rotatable bonds is 4. The quantitative estimate of drug-likeness (QED) is 0.577. The number of amides is 1. The maximum Gasteiger partial charge on any atom is 0.416 e. The van der Waals surface area contributed by atoms with Gasteiger partial charge in [0.1, 0.15) is 18.0 Å². The largest absolute Gasteiger partial charge is 0.416 e. The number of pyridine rings is 1. The van der Waals surface area contributed by atoms with Crippen molar-refractivity contribution < 1.29 is 18.0 Å². The Morgan fingerprint density at radius 3 is 2.32 bits per heavy atom. The fraction of sp³-hybridized carbons (Fsp3) is 0.250. The van der Waals surface area contributed by atoms with E-state index < -0.39 is 11.7 Å². The molecule has 0 radical (unpaired) electrons. The zero-order valence-corrected chi connectivity index (χ0v) is 16.0. The van der Waals surface area contributed by atoms with Crippen molar-refractivity contribution >= 4 is 35.1 Å². The molecule has 1 saturated carbocycles. The first-order valence-electron chi connectivity index (χ1n) is 9.53. The number of fused-ring (bicyclic) bond motifs is 1. The van der Waals surface area contributed by atoms with Crippen LogP contribution < -0.4 is 16.0 Å². The van der Waals surface area contributed by atoms with Gasteiger partial charge in [0.15, 0.2) is 0 Å². The normalized spacial score (nSPS) is 16.4. The molecule has 0 atom stereocenters. The third-order valence-electron chi connectivity index (χ3n) is 5.35. The number of anilines is 5. The first-order valence-corrected chi connectivity index (χ1v) is 9.53. The molecule has 1 amide bonds. The maximum absolute atomic E-state index is 12.7. The third kappa shape index (κ3) is 3.86. The van der Waals surface area contributed by atoms with Crippen LogP contribution in [0.4, 0.5) is 42.4 Å². The second-order valence-corrected chi connectivity index (χ2v) is 7.57. The highest BCUT2D eigenvalue weighted by Crippen LogP contribution is 2.52. The molecule has 1 aromatic carbocycles. The standard InChI is InChI=1S/C20H16F3N7O/c21-20(22,23)12-2-4-13(5-3-12)26-17-24-10-25-18(30-17)28-14-6-1-11-9-19(7-8-19)16(31)29-15(11)27-14/h1-6,10H,7-9H2,(H3,24,25,26,27,28,29,30,31). The lowest BCUT2D eigenvalue weighted by atomic mass is 9.92. The van der Waals surface area contributed by atoms with E-state index in [-0.39, 0.29) is 23.2 Å². The minimum atomic E-state index is -4.40. The van der Waals surface area contributed by atoms with Crippen LogP contribution in [0.3, 0.4) is 0 Å². The van der Waals surface area contributed by atoms with E-state index >= 15 is 0 Å². The van der Waals surface area contributed by atoms with Gasteiger partial charge in [-0.3, -0.25) is 4.79 Å². The SMILES string of the molecule is O=C1Nc2nc(Nc3ncnc(Nc4ccc(C(F)(F)F)cc4)n3)ccc2CC12CC2.